The number of nitrogens with one attached hydrogen (secondary N) is 1. The van der Waals surface area contributed by atoms with Crippen LogP contribution in [0.2, 0.25) is 0 Å². The number of carbonyl (C=O) groups is 4. The minimum absolute atomic E-state index is 0.241. The number of carboxylic acid groups (broad SMARTS) is 1. The summed E-state index contributed by atoms with van der Waals surface area (Å²) in [4.78, 5) is 54.3. The lowest BCUT2D eigenvalue weighted by atomic mass is 9.91. The van der Waals surface area contributed by atoms with Crippen molar-refractivity contribution in [2.75, 3.05) is 36.9 Å². The van der Waals surface area contributed by atoms with E-state index in [0.29, 0.717) is 30.4 Å². The number of rotatable bonds is 15. The van der Waals surface area contributed by atoms with Gasteiger partial charge in [0.15, 0.2) is 0 Å². The van der Waals surface area contributed by atoms with Gasteiger partial charge in [-0.3, -0.25) is 24.6 Å². The van der Waals surface area contributed by atoms with Gasteiger partial charge < -0.3 is 19.5 Å². The summed E-state index contributed by atoms with van der Waals surface area (Å²) in [7, 11) is 0. The molecule has 0 spiro atoms. The van der Waals surface area contributed by atoms with E-state index < -0.39 is 30.6 Å². The monoisotopic (exact) mass is 639 g/mol. The van der Waals surface area contributed by atoms with E-state index >= 15 is 0 Å². The van der Waals surface area contributed by atoms with E-state index in [1.807, 2.05) is 42.5 Å². The zero-order valence-corrected chi connectivity index (χ0v) is 26.8. The molecular formula is C34H45N3O7S. The summed E-state index contributed by atoms with van der Waals surface area (Å²) >= 11 is 1.47. The molecule has 1 fully saturated rings. The fourth-order valence-electron chi connectivity index (χ4n) is 5.88. The van der Waals surface area contributed by atoms with E-state index in [2.05, 4.69) is 5.32 Å². The molecule has 45 heavy (non-hydrogen) atoms. The van der Waals surface area contributed by atoms with Crippen LogP contribution in [-0.4, -0.2) is 78.0 Å². The summed E-state index contributed by atoms with van der Waals surface area (Å²) in [5.74, 6) is -0.882. The maximum absolute atomic E-state index is 13.5. The lowest BCUT2D eigenvalue weighted by molar-refractivity contribution is -0.146. The Kier molecular flexibility index (Phi) is 13.6. The van der Waals surface area contributed by atoms with Gasteiger partial charge in [0.25, 0.3) is 0 Å². The number of unbranched alkanes of at least 4 members (excludes halogenated alkanes) is 3. The van der Waals surface area contributed by atoms with Gasteiger partial charge in [-0.2, -0.15) is 0 Å². The average Bonchev–Trinajstić information content (AvgIpc) is 3.17. The second kappa shape index (κ2) is 17.8. The first-order valence-corrected chi connectivity index (χ1v) is 17.0. The molecule has 2 aliphatic rings. The SMILES string of the molecule is CCOC(=O)[C@H](CCCCCCC1CCN(C(=O)OCc2ccccc2)CC1)N[C@H]1CSc2ccccc2N(CC(=O)O)C1=O. The van der Waals surface area contributed by atoms with Gasteiger partial charge in [-0.05, 0) is 49.8 Å². The summed E-state index contributed by atoms with van der Waals surface area (Å²) < 4.78 is 10.8. The first-order valence-electron chi connectivity index (χ1n) is 16.0. The lowest BCUT2D eigenvalue weighted by Gasteiger charge is -2.31. The molecule has 0 unspecified atom stereocenters. The number of nitrogens with zero attached hydrogens (tertiary/aromatic N) is 2. The number of benzene rings is 2. The number of piperidine rings is 1. The molecule has 244 valence electrons. The molecule has 0 radical (unpaired) electrons. The first kappa shape index (κ1) is 34.3. The highest BCUT2D eigenvalue weighted by atomic mass is 32.2. The molecule has 2 aliphatic heterocycles. The van der Waals surface area contributed by atoms with Gasteiger partial charge in [0.1, 0.15) is 19.2 Å². The van der Waals surface area contributed by atoms with Gasteiger partial charge >= 0.3 is 18.0 Å². The average molecular weight is 640 g/mol. The van der Waals surface area contributed by atoms with Crippen LogP contribution in [0.5, 0.6) is 0 Å². The van der Waals surface area contributed by atoms with Gasteiger partial charge in [0.2, 0.25) is 5.91 Å². The Balaban J connectivity index is 1.18. The zero-order chi connectivity index (χ0) is 32.0. The van der Waals surface area contributed by atoms with Crippen molar-refractivity contribution in [3.05, 3.63) is 60.2 Å². The third-order valence-corrected chi connectivity index (χ3v) is 9.48. The Bertz CT molecular complexity index is 1270. The Labute approximate surface area is 269 Å². The Morgan fingerprint density at radius 3 is 2.42 bits per heavy atom. The Morgan fingerprint density at radius 1 is 0.978 bits per heavy atom. The number of esters is 1. The number of likely N-dealkylation sites (tertiary alicyclic amines) is 1. The maximum Gasteiger partial charge on any atom is 0.410 e. The van der Waals surface area contributed by atoms with E-state index in [-0.39, 0.29) is 18.6 Å². The van der Waals surface area contributed by atoms with Crippen LogP contribution < -0.4 is 10.2 Å². The molecule has 2 aromatic rings. The number of carbonyl (C=O) groups excluding carboxylic acids is 3. The normalized spacial score (nSPS) is 17.7. The van der Waals surface area contributed by atoms with Gasteiger partial charge in [0, 0.05) is 23.7 Å². The Hall–Kier alpha value is -3.57. The molecular weight excluding hydrogens is 594 g/mol. The molecule has 0 aliphatic carbocycles. The highest BCUT2D eigenvalue weighted by Gasteiger charge is 2.35. The Morgan fingerprint density at radius 2 is 1.69 bits per heavy atom. The molecule has 0 saturated carbocycles. The van der Waals surface area contributed by atoms with E-state index in [1.54, 1.807) is 24.0 Å². The summed E-state index contributed by atoms with van der Waals surface area (Å²) in [5, 5.41) is 12.7. The minimum Gasteiger partial charge on any atom is -0.480 e. The second-order valence-corrected chi connectivity index (χ2v) is 12.6. The van der Waals surface area contributed by atoms with Crippen LogP contribution in [-0.2, 0) is 30.5 Å². The van der Waals surface area contributed by atoms with Crippen LogP contribution in [0.25, 0.3) is 0 Å². The quantitative estimate of drug-likeness (QED) is 0.192. The zero-order valence-electron chi connectivity index (χ0n) is 26.0. The summed E-state index contributed by atoms with van der Waals surface area (Å²) in [5.41, 5.74) is 1.55. The van der Waals surface area contributed by atoms with Crippen LogP contribution in [0.3, 0.4) is 0 Å². The number of amides is 2. The summed E-state index contributed by atoms with van der Waals surface area (Å²) in [6.45, 7) is 3.28. The molecule has 2 N–H and O–H groups in total. The van der Waals surface area contributed by atoms with Crippen molar-refractivity contribution < 1.29 is 33.8 Å². The fourth-order valence-corrected chi connectivity index (χ4v) is 6.96. The first-order chi connectivity index (χ1) is 21.9. The van der Waals surface area contributed by atoms with Gasteiger partial charge in [-0.15, -0.1) is 11.8 Å². The molecule has 2 aromatic carbocycles. The predicted octanol–water partition coefficient (Wildman–Crippen LogP) is 5.49. The number of hydrogen-bond donors (Lipinski definition) is 2. The second-order valence-electron chi connectivity index (χ2n) is 11.6. The predicted molar refractivity (Wildman–Crippen MR) is 173 cm³/mol. The summed E-state index contributed by atoms with van der Waals surface area (Å²) in [6, 6.07) is 15.6. The lowest BCUT2D eigenvalue weighted by Crippen LogP contribution is -2.54. The van der Waals surface area contributed by atoms with Gasteiger partial charge in [0.05, 0.1) is 18.3 Å². The topological polar surface area (TPSA) is 125 Å². The van der Waals surface area contributed by atoms with Crippen LogP contribution in [0, 0.1) is 5.92 Å². The highest BCUT2D eigenvalue weighted by Crippen LogP contribution is 2.34. The van der Waals surface area contributed by atoms with E-state index in [9.17, 15) is 24.3 Å². The van der Waals surface area contributed by atoms with E-state index in [4.69, 9.17) is 9.47 Å². The molecule has 1 saturated heterocycles. The van der Waals surface area contributed by atoms with Crippen LogP contribution in [0.1, 0.15) is 63.9 Å². The van der Waals surface area contributed by atoms with Crippen molar-refractivity contribution in [2.45, 2.75) is 81.9 Å². The van der Waals surface area contributed by atoms with E-state index in [0.717, 1.165) is 68.5 Å². The van der Waals surface area contributed by atoms with E-state index in [1.165, 1.54) is 16.7 Å². The molecule has 11 heteroatoms. The number of carboxylic acids is 1. The number of aliphatic carboxylic acids is 1. The number of thioether (sulfide) groups is 1. The van der Waals surface area contributed by atoms with Crippen molar-refractivity contribution in [1.82, 2.24) is 10.2 Å². The third-order valence-electron chi connectivity index (χ3n) is 8.33. The van der Waals surface area contributed by atoms with Crippen LogP contribution >= 0.6 is 11.8 Å². The van der Waals surface area contributed by atoms with Crippen molar-refractivity contribution in [3.63, 3.8) is 0 Å². The standard InChI is InChI=1S/C34H45N3O7S/c1-2-43-33(41)27(35-28-24-45-30-17-11-10-16-29(30)37(32(28)40)22-31(38)39)15-9-4-3-6-12-25-18-20-36(21-19-25)34(42)44-23-26-13-7-5-8-14-26/h5,7-8,10-11,13-14,16-17,25,27-28,35H,2-4,6,9,12,15,18-24H2,1H3,(H,38,39)/t27-,28-/m0/s1. The number of hydrogen-bond acceptors (Lipinski definition) is 8. The molecule has 2 heterocycles. The third kappa shape index (κ3) is 10.5. The van der Waals surface area contributed by atoms with Crippen molar-refractivity contribution in [1.29, 1.82) is 0 Å². The smallest absolute Gasteiger partial charge is 0.410 e. The van der Waals surface area contributed by atoms with Crippen molar-refractivity contribution in [3.8, 4) is 0 Å². The number of fused-ring (bicyclic) bond motifs is 1. The van der Waals surface area contributed by atoms with Gasteiger partial charge in [-0.1, -0.05) is 74.6 Å². The fraction of sp³-hybridized carbons (Fsp3) is 0.529. The number of ether oxygens (including phenoxy) is 2. The number of anilines is 1. The molecule has 0 bridgehead atoms. The number of para-hydroxylation sites is 1. The molecule has 10 nitrogen and oxygen atoms in total. The molecule has 0 aromatic heterocycles. The largest absolute Gasteiger partial charge is 0.480 e. The molecule has 2 atom stereocenters. The van der Waals surface area contributed by atoms with Crippen molar-refractivity contribution in [2.24, 2.45) is 5.92 Å². The molecule has 2 amide bonds. The highest BCUT2D eigenvalue weighted by molar-refractivity contribution is 7.99. The minimum atomic E-state index is -1.10. The van der Waals surface area contributed by atoms with Crippen molar-refractivity contribution >= 4 is 41.4 Å². The maximum atomic E-state index is 13.5. The molecule has 4 rings (SSSR count). The van der Waals surface area contributed by atoms with Gasteiger partial charge in [-0.25, -0.2) is 4.79 Å². The van der Waals surface area contributed by atoms with Crippen LogP contribution in [0.4, 0.5) is 10.5 Å². The summed E-state index contributed by atoms with van der Waals surface area (Å²) in [6.07, 6.45) is 7.22. The van der Waals surface area contributed by atoms with Crippen LogP contribution in [0.15, 0.2) is 59.5 Å².